The Kier molecular flexibility index (Phi) is 4.51. The molecule has 0 saturated carbocycles. The zero-order chi connectivity index (χ0) is 16.3. The van der Waals surface area contributed by atoms with E-state index in [-0.39, 0.29) is 5.91 Å². The Labute approximate surface area is 140 Å². The van der Waals surface area contributed by atoms with Gasteiger partial charge in [-0.05, 0) is 23.9 Å². The van der Waals surface area contributed by atoms with E-state index >= 15 is 0 Å². The Bertz CT molecular complexity index is 655. The minimum atomic E-state index is -0.432. The maximum Gasteiger partial charge on any atom is 0.220 e. The summed E-state index contributed by atoms with van der Waals surface area (Å²) in [5, 5.41) is 13.2. The Morgan fingerprint density at radius 2 is 2.35 bits per heavy atom. The number of ether oxygens (including phenoxy) is 1. The molecule has 1 atom stereocenters. The van der Waals surface area contributed by atoms with E-state index in [0.717, 1.165) is 12.8 Å². The van der Waals surface area contributed by atoms with Crippen LogP contribution in [0, 0.1) is 12.3 Å². The lowest BCUT2D eigenvalue weighted by molar-refractivity contribution is -0.123. The second kappa shape index (κ2) is 6.42. The van der Waals surface area contributed by atoms with Crippen LogP contribution in [0.5, 0.6) is 0 Å². The monoisotopic (exact) mass is 331 g/mol. The number of thiophene rings is 1. The summed E-state index contributed by atoms with van der Waals surface area (Å²) in [5.74, 6) is 2.60. The molecule has 1 aromatic rings. The molecule has 1 amide bonds. The molecule has 5 nitrogen and oxygen atoms in total. The van der Waals surface area contributed by atoms with Crippen LogP contribution in [0.2, 0.25) is 0 Å². The summed E-state index contributed by atoms with van der Waals surface area (Å²) in [6, 6.07) is 2.10. The van der Waals surface area contributed by atoms with Gasteiger partial charge in [-0.25, -0.2) is 0 Å². The van der Waals surface area contributed by atoms with E-state index in [4.69, 9.17) is 11.2 Å². The first-order chi connectivity index (χ1) is 11.1. The summed E-state index contributed by atoms with van der Waals surface area (Å²) in [6.07, 6.45) is 8.63. The summed E-state index contributed by atoms with van der Waals surface area (Å²) in [5.41, 5.74) is 0.375. The Morgan fingerprint density at radius 1 is 1.52 bits per heavy atom. The molecule has 0 fully saturated rings. The minimum Gasteiger partial charge on any atom is -0.368 e. The number of hydrogen-bond acceptors (Lipinski definition) is 5. The topological polar surface area (TPSA) is 63.0 Å². The lowest BCUT2D eigenvalue weighted by Crippen LogP contribution is -2.43. The molecule has 0 aliphatic carbocycles. The fourth-order valence-electron chi connectivity index (χ4n) is 2.94. The standard InChI is InChI=1S/C17H21N3O2S/c1-3-4-8-17(19-20-17)9-5-15(21)18-12-16(2)13-7-11-23-14(13)6-10-22-16/h1,7,11H,4-6,8-10,12H2,2H3,(H,18,21). The summed E-state index contributed by atoms with van der Waals surface area (Å²) in [7, 11) is 0. The van der Waals surface area contributed by atoms with Crippen molar-refractivity contribution in [1.82, 2.24) is 5.32 Å². The molecular weight excluding hydrogens is 310 g/mol. The fourth-order valence-corrected chi connectivity index (χ4v) is 3.92. The van der Waals surface area contributed by atoms with E-state index in [9.17, 15) is 4.79 Å². The predicted molar refractivity (Wildman–Crippen MR) is 89.2 cm³/mol. The van der Waals surface area contributed by atoms with Crippen LogP contribution < -0.4 is 5.32 Å². The molecule has 0 aromatic carbocycles. The van der Waals surface area contributed by atoms with E-state index in [1.807, 2.05) is 6.92 Å². The number of rotatable bonds is 7. The molecule has 0 radical (unpaired) electrons. The summed E-state index contributed by atoms with van der Waals surface area (Å²) in [4.78, 5) is 13.5. The molecule has 2 aliphatic rings. The number of nitrogens with one attached hydrogen (secondary N) is 1. The van der Waals surface area contributed by atoms with Crippen molar-refractivity contribution in [3.8, 4) is 12.3 Å². The number of nitrogens with zero attached hydrogens (tertiary/aromatic N) is 2. The average Bonchev–Trinajstić information content (AvgIpc) is 3.15. The van der Waals surface area contributed by atoms with Crippen LogP contribution in [0.4, 0.5) is 0 Å². The van der Waals surface area contributed by atoms with Crippen molar-refractivity contribution in [2.24, 2.45) is 10.2 Å². The normalized spacial score (nSPS) is 23.8. The molecule has 0 saturated heterocycles. The first kappa shape index (κ1) is 16.2. The van der Waals surface area contributed by atoms with E-state index in [1.54, 1.807) is 11.3 Å². The van der Waals surface area contributed by atoms with Gasteiger partial charge in [0, 0.05) is 37.0 Å². The Balaban J connectivity index is 1.48. The molecule has 2 aliphatic heterocycles. The van der Waals surface area contributed by atoms with Gasteiger partial charge in [0.1, 0.15) is 5.60 Å². The number of carbonyl (C=O) groups is 1. The van der Waals surface area contributed by atoms with Gasteiger partial charge in [0.05, 0.1) is 13.2 Å². The van der Waals surface area contributed by atoms with Crippen LogP contribution in [0.25, 0.3) is 0 Å². The van der Waals surface area contributed by atoms with E-state index < -0.39 is 11.3 Å². The smallest absolute Gasteiger partial charge is 0.220 e. The van der Waals surface area contributed by atoms with Crippen LogP contribution in [-0.4, -0.2) is 24.7 Å². The van der Waals surface area contributed by atoms with Gasteiger partial charge in [-0.3, -0.25) is 4.79 Å². The van der Waals surface area contributed by atoms with Crippen LogP contribution in [0.1, 0.15) is 43.0 Å². The molecule has 0 bridgehead atoms. The molecule has 122 valence electrons. The van der Waals surface area contributed by atoms with Crippen molar-refractivity contribution < 1.29 is 9.53 Å². The summed E-state index contributed by atoms with van der Waals surface area (Å²) in [6.45, 7) is 3.23. The summed E-state index contributed by atoms with van der Waals surface area (Å²) >= 11 is 1.76. The van der Waals surface area contributed by atoms with E-state index in [1.165, 1.54) is 10.4 Å². The van der Waals surface area contributed by atoms with Gasteiger partial charge in [-0.15, -0.1) is 23.7 Å². The number of terminal acetylenes is 1. The third-order valence-electron chi connectivity index (χ3n) is 4.49. The highest BCUT2D eigenvalue weighted by atomic mass is 32.1. The molecule has 23 heavy (non-hydrogen) atoms. The molecule has 6 heteroatoms. The molecule has 3 heterocycles. The maximum absolute atomic E-state index is 12.1. The van der Waals surface area contributed by atoms with Gasteiger partial charge in [0.15, 0.2) is 5.66 Å². The molecule has 1 unspecified atom stereocenters. The van der Waals surface area contributed by atoms with Gasteiger partial charge in [0.25, 0.3) is 0 Å². The van der Waals surface area contributed by atoms with Gasteiger partial charge in [-0.1, -0.05) is 0 Å². The van der Waals surface area contributed by atoms with Crippen LogP contribution in [-0.2, 0) is 21.6 Å². The molecule has 1 aromatic heterocycles. The van der Waals surface area contributed by atoms with Crippen molar-refractivity contribution >= 4 is 17.2 Å². The minimum absolute atomic E-state index is 0.00885. The van der Waals surface area contributed by atoms with Gasteiger partial charge in [-0.2, -0.15) is 10.2 Å². The van der Waals surface area contributed by atoms with Crippen molar-refractivity contribution in [1.29, 1.82) is 0 Å². The number of carbonyl (C=O) groups excluding carboxylic acids is 1. The largest absolute Gasteiger partial charge is 0.368 e. The molecule has 1 N–H and O–H groups in total. The number of amides is 1. The quantitative estimate of drug-likeness (QED) is 0.781. The maximum atomic E-state index is 12.1. The number of fused-ring (bicyclic) bond motifs is 1. The van der Waals surface area contributed by atoms with Crippen LogP contribution in [0.15, 0.2) is 21.7 Å². The van der Waals surface area contributed by atoms with Crippen LogP contribution >= 0.6 is 11.3 Å². The van der Waals surface area contributed by atoms with Crippen molar-refractivity contribution in [3.63, 3.8) is 0 Å². The van der Waals surface area contributed by atoms with Crippen molar-refractivity contribution in [2.45, 2.75) is 50.3 Å². The molecule has 0 spiro atoms. The third-order valence-corrected chi connectivity index (χ3v) is 5.47. The van der Waals surface area contributed by atoms with E-state index in [2.05, 4.69) is 32.9 Å². The van der Waals surface area contributed by atoms with Crippen molar-refractivity contribution in [3.05, 3.63) is 21.9 Å². The van der Waals surface area contributed by atoms with Crippen molar-refractivity contribution in [2.75, 3.05) is 13.2 Å². The first-order valence-electron chi connectivity index (χ1n) is 7.92. The zero-order valence-electron chi connectivity index (χ0n) is 13.3. The van der Waals surface area contributed by atoms with Crippen LogP contribution in [0.3, 0.4) is 0 Å². The number of hydrogen-bond donors (Lipinski definition) is 1. The second-order valence-electron chi connectivity index (χ2n) is 6.25. The SMILES string of the molecule is C#CCCC1(CCC(=O)NCC2(C)OCCc3sccc32)N=N1. The first-order valence-corrected chi connectivity index (χ1v) is 8.80. The van der Waals surface area contributed by atoms with Gasteiger partial charge >= 0.3 is 0 Å². The highest BCUT2D eigenvalue weighted by Crippen LogP contribution is 2.38. The lowest BCUT2D eigenvalue weighted by Gasteiger charge is -2.34. The Morgan fingerprint density at radius 3 is 3.09 bits per heavy atom. The predicted octanol–water partition coefficient (Wildman–Crippen LogP) is 3.01. The lowest BCUT2D eigenvalue weighted by atomic mass is 9.93. The second-order valence-corrected chi connectivity index (χ2v) is 7.25. The average molecular weight is 331 g/mol. The zero-order valence-corrected chi connectivity index (χ0v) is 14.1. The molecular formula is C17H21N3O2S. The Hall–Kier alpha value is -1.71. The van der Waals surface area contributed by atoms with E-state index in [0.29, 0.717) is 32.4 Å². The van der Waals surface area contributed by atoms with Gasteiger partial charge < -0.3 is 10.1 Å². The summed E-state index contributed by atoms with van der Waals surface area (Å²) < 4.78 is 5.94. The highest BCUT2D eigenvalue weighted by molar-refractivity contribution is 7.10. The molecule has 3 rings (SSSR count). The van der Waals surface area contributed by atoms with Gasteiger partial charge in [0.2, 0.25) is 5.91 Å². The fraction of sp³-hybridized carbons (Fsp3) is 0.588. The highest BCUT2D eigenvalue weighted by Gasteiger charge is 2.39. The third kappa shape index (κ3) is 3.62.